The fourth-order valence-corrected chi connectivity index (χ4v) is 3.29. The van der Waals surface area contributed by atoms with E-state index >= 15 is 0 Å². The van der Waals surface area contributed by atoms with Gasteiger partial charge in [0.2, 0.25) is 5.91 Å². The first-order valence-electron chi connectivity index (χ1n) is 8.65. The molecule has 1 aromatic carbocycles. The number of aromatic nitrogens is 2. The lowest BCUT2D eigenvalue weighted by atomic mass is 10.1. The van der Waals surface area contributed by atoms with E-state index in [0.29, 0.717) is 5.69 Å². The van der Waals surface area contributed by atoms with E-state index in [1.807, 2.05) is 41.8 Å². The number of anilines is 1. The molecule has 134 valence electrons. The van der Waals surface area contributed by atoms with Crippen LogP contribution in [-0.2, 0) is 17.8 Å². The Labute approximate surface area is 156 Å². The zero-order chi connectivity index (χ0) is 18.4. The van der Waals surface area contributed by atoms with Crippen LogP contribution >= 0.6 is 11.3 Å². The molecule has 3 aromatic rings. The molecule has 0 atom stereocenters. The van der Waals surface area contributed by atoms with E-state index in [1.165, 1.54) is 33.9 Å². The summed E-state index contributed by atoms with van der Waals surface area (Å²) in [5.41, 5.74) is 2.37. The van der Waals surface area contributed by atoms with Crippen molar-refractivity contribution in [2.24, 2.45) is 0 Å². The molecule has 5 nitrogen and oxygen atoms in total. The molecule has 0 aliphatic heterocycles. The van der Waals surface area contributed by atoms with E-state index in [4.69, 9.17) is 0 Å². The number of rotatable bonds is 7. The van der Waals surface area contributed by atoms with E-state index in [2.05, 4.69) is 17.2 Å². The molecule has 6 heteroatoms. The Kier molecular flexibility index (Phi) is 5.96. The number of hydrogen-bond acceptors (Lipinski definition) is 4. The Morgan fingerprint density at radius 3 is 2.69 bits per heavy atom. The van der Waals surface area contributed by atoms with Crippen molar-refractivity contribution in [3.63, 3.8) is 0 Å². The van der Waals surface area contributed by atoms with Gasteiger partial charge in [0.25, 0.3) is 5.56 Å². The predicted molar refractivity (Wildman–Crippen MR) is 105 cm³/mol. The first-order chi connectivity index (χ1) is 12.7. The third-order valence-electron chi connectivity index (χ3n) is 4.02. The number of hydrogen-bond donors (Lipinski definition) is 1. The Morgan fingerprint density at radius 2 is 2.04 bits per heavy atom. The SMILES string of the molecule is CCCCc1ccc(NC(=O)Cn2cnc(-c3cccs3)cc2=O)cc1. The average molecular weight is 367 g/mol. The molecule has 0 radical (unpaired) electrons. The van der Waals surface area contributed by atoms with Crippen LogP contribution in [0.5, 0.6) is 0 Å². The lowest BCUT2D eigenvalue weighted by molar-refractivity contribution is -0.116. The number of nitrogens with one attached hydrogen (secondary N) is 1. The molecular formula is C20H21N3O2S. The van der Waals surface area contributed by atoms with Crippen LogP contribution in [0.15, 0.2) is 59.0 Å². The number of nitrogens with zero attached hydrogens (tertiary/aromatic N) is 2. The van der Waals surface area contributed by atoms with Crippen molar-refractivity contribution in [1.82, 2.24) is 9.55 Å². The highest BCUT2D eigenvalue weighted by Crippen LogP contribution is 2.20. The molecule has 0 fully saturated rings. The summed E-state index contributed by atoms with van der Waals surface area (Å²) in [5, 5.41) is 4.75. The molecule has 0 unspecified atom stereocenters. The Morgan fingerprint density at radius 1 is 1.23 bits per heavy atom. The normalized spacial score (nSPS) is 10.7. The van der Waals surface area contributed by atoms with Crippen LogP contribution in [-0.4, -0.2) is 15.5 Å². The number of carbonyl (C=O) groups excluding carboxylic acids is 1. The van der Waals surface area contributed by atoms with Crippen LogP contribution in [0.3, 0.4) is 0 Å². The predicted octanol–water partition coefficient (Wildman–Crippen LogP) is 3.95. The zero-order valence-electron chi connectivity index (χ0n) is 14.6. The molecule has 0 saturated carbocycles. The van der Waals surface area contributed by atoms with E-state index in [0.717, 1.165) is 29.8 Å². The Hall–Kier alpha value is -2.73. The standard InChI is InChI=1S/C20H21N3O2S/c1-2-3-5-15-7-9-16(10-8-15)22-19(24)13-23-14-21-17(12-20(23)25)18-6-4-11-26-18/h4,6-12,14H,2-3,5,13H2,1H3,(H,22,24). The molecule has 0 bridgehead atoms. The molecule has 2 heterocycles. The first kappa shape index (κ1) is 18.1. The van der Waals surface area contributed by atoms with Crippen LogP contribution in [0.2, 0.25) is 0 Å². The lowest BCUT2D eigenvalue weighted by Crippen LogP contribution is -2.27. The third kappa shape index (κ3) is 4.67. The minimum atomic E-state index is -0.251. The van der Waals surface area contributed by atoms with Crippen LogP contribution in [0.25, 0.3) is 10.6 Å². The number of aryl methyl sites for hydroxylation is 1. The summed E-state index contributed by atoms with van der Waals surface area (Å²) in [6.07, 6.45) is 4.78. The maximum atomic E-state index is 12.2. The minimum absolute atomic E-state index is 0.0614. The largest absolute Gasteiger partial charge is 0.325 e. The fourth-order valence-electron chi connectivity index (χ4n) is 2.59. The quantitative estimate of drug-likeness (QED) is 0.688. The van der Waals surface area contributed by atoms with Gasteiger partial charge in [0.05, 0.1) is 16.9 Å². The van der Waals surface area contributed by atoms with E-state index in [9.17, 15) is 9.59 Å². The topological polar surface area (TPSA) is 64.0 Å². The Balaban J connectivity index is 1.62. The highest BCUT2D eigenvalue weighted by molar-refractivity contribution is 7.13. The second kappa shape index (κ2) is 8.58. The molecule has 0 aliphatic rings. The summed E-state index contributed by atoms with van der Waals surface area (Å²) < 4.78 is 1.31. The van der Waals surface area contributed by atoms with Crippen molar-refractivity contribution >= 4 is 22.9 Å². The van der Waals surface area contributed by atoms with Gasteiger partial charge in [-0.25, -0.2) is 4.98 Å². The van der Waals surface area contributed by atoms with E-state index < -0.39 is 0 Å². The maximum Gasteiger partial charge on any atom is 0.254 e. The maximum absolute atomic E-state index is 12.2. The van der Waals surface area contributed by atoms with Crippen LogP contribution in [0.1, 0.15) is 25.3 Å². The first-order valence-corrected chi connectivity index (χ1v) is 9.53. The number of unbranched alkanes of at least 4 members (excludes halogenated alkanes) is 1. The summed E-state index contributed by atoms with van der Waals surface area (Å²) in [7, 11) is 0. The van der Waals surface area contributed by atoms with Crippen LogP contribution in [0.4, 0.5) is 5.69 Å². The van der Waals surface area contributed by atoms with Gasteiger partial charge in [-0.05, 0) is 42.0 Å². The number of thiophene rings is 1. The number of carbonyl (C=O) groups is 1. The van der Waals surface area contributed by atoms with Gasteiger partial charge in [-0.2, -0.15) is 0 Å². The van der Waals surface area contributed by atoms with Crippen LogP contribution in [0, 0.1) is 0 Å². The van der Waals surface area contributed by atoms with Crippen molar-refractivity contribution in [2.45, 2.75) is 32.7 Å². The van der Waals surface area contributed by atoms with Crippen molar-refractivity contribution < 1.29 is 4.79 Å². The summed E-state index contributed by atoms with van der Waals surface area (Å²) in [6, 6.07) is 13.1. The van der Waals surface area contributed by atoms with Crippen LogP contribution < -0.4 is 10.9 Å². The number of benzene rings is 1. The Bertz CT molecular complexity index is 915. The second-order valence-electron chi connectivity index (χ2n) is 6.07. The zero-order valence-corrected chi connectivity index (χ0v) is 15.5. The van der Waals surface area contributed by atoms with Gasteiger partial charge >= 0.3 is 0 Å². The summed E-state index contributed by atoms with van der Waals surface area (Å²) in [5.74, 6) is -0.251. The molecule has 0 aliphatic carbocycles. The van der Waals surface area contributed by atoms with Gasteiger partial charge in [-0.1, -0.05) is 31.5 Å². The highest BCUT2D eigenvalue weighted by Gasteiger charge is 2.08. The van der Waals surface area contributed by atoms with Gasteiger partial charge < -0.3 is 5.32 Å². The molecular weight excluding hydrogens is 346 g/mol. The van der Waals surface area contributed by atoms with Gasteiger partial charge in [-0.3, -0.25) is 14.2 Å². The molecule has 26 heavy (non-hydrogen) atoms. The average Bonchev–Trinajstić information content (AvgIpc) is 3.17. The lowest BCUT2D eigenvalue weighted by Gasteiger charge is -2.08. The number of amides is 1. The molecule has 0 saturated heterocycles. The summed E-state index contributed by atoms with van der Waals surface area (Å²) in [4.78, 5) is 29.6. The van der Waals surface area contributed by atoms with E-state index in [-0.39, 0.29) is 18.0 Å². The van der Waals surface area contributed by atoms with Gasteiger partial charge in [-0.15, -0.1) is 11.3 Å². The smallest absolute Gasteiger partial charge is 0.254 e. The third-order valence-corrected chi connectivity index (χ3v) is 4.92. The second-order valence-corrected chi connectivity index (χ2v) is 7.01. The van der Waals surface area contributed by atoms with Gasteiger partial charge in [0.15, 0.2) is 0 Å². The minimum Gasteiger partial charge on any atom is -0.325 e. The van der Waals surface area contributed by atoms with Crippen molar-refractivity contribution in [2.75, 3.05) is 5.32 Å². The van der Waals surface area contributed by atoms with Gasteiger partial charge in [0.1, 0.15) is 6.54 Å². The monoisotopic (exact) mass is 367 g/mol. The molecule has 1 amide bonds. The van der Waals surface area contributed by atoms with Crippen molar-refractivity contribution in [3.05, 3.63) is 70.1 Å². The molecule has 0 spiro atoms. The summed E-state index contributed by atoms with van der Waals surface area (Å²) in [6.45, 7) is 2.10. The molecule has 2 aromatic heterocycles. The molecule has 1 N–H and O–H groups in total. The fraction of sp³-hybridized carbons (Fsp3) is 0.250. The summed E-state index contributed by atoms with van der Waals surface area (Å²) >= 11 is 1.52. The molecule has 3 rings (SSSR count). The van der Waals surface area contributed by atoms with Crippen molar-refractivity contribution in [1.29, 1.82) is 0 Å². The van der Waals surface area contributed by atoms with E-state index in [1.54, 1.807) is 0 Å². The van der Waals surface area contributed by atoms with Crippen molar-refractivity contribution in [3.8, 4) is 10.6 Å². The van der Waals surface area contributed by atoms with Gasteiger partial charge in [0, 0.05) is 11.8 Å². The highest BCUT2D eigenvalue weighted by atomic mass is 32.1.